The van der Waals surface area contributed by atoms with Gasteiger partial charge in [-0.2, -0.15) is 0 Å². The van der Waals surface area contributed by atoms with Crippen molar-refractivity contribution < 1.29 is 19.1 Å². The zero-order valence-electron chi connectivity index (χ0n) is 14.1. The summed E-state index contributed by atoms with van der Waals surface area (Å²) in [5.74, 6) is 1.06. The SMILES string of the molecule is COc1cccc(OC)c1C(=O)CCCC(=O)Cc1ccccc1. The van der Waals surface area contributed by atoms with Gasteiger partial charge in [-0.1, -0.05) is 36.4 Å². The van der Waals surface area contributed by atoms with Crippen LogP contribution in [0.25, 0.3) is 0 Å². The van der Waals surface area contributed by atoms with Gasteiger partial charge >= 0.3 is 0 Å². The van der Waals surface area contributed by atoms with Crippen LogP contribution in [-0.2, 0) is 11.2 Å². The zero-order chi connectivity index (χ0) is 17.4. The van der Waals surface area contributed by atoms with Crippen LogP contribution in [0.5, 0.6) is 11.5 Å². The number of ketones is 2. The second kappa shape index (κ2) is 8.87. The average molecular weight is 326 g/mol. The summed E-state index contributed by atoms with van der Waals surface area (Å²) in [4.78, 5) is 24.5. The average Bonchev–Trinajstić information content (AvgIpc) is 2.61. The van der Waals surface area contributed by atoms with E-state index in [2.05, 4.69) is 0 Å². The van der Waals surface area contributed by atoms with E-state index in [1.807, 2.05) is 30.3 Å². The summed E-state index contributed by atoms with van der Waals surface area (Å²) < 4.78 is 10.5. The molecule has 2 rings (SSSR count). The summed E-state index contributed by atoms with van der Waals surface area (Å²) in [6.07, 6.45) is 1.61. The Balaban J connectivity index is 1.91. The summed E-state index contributed by atoms with van der Waals surface area (Å²) in [7, 11) is 3.05. The monoisotopic (exact) mass is 326 g/mol. The maximum Gasteiger partial charge on any atom is 0.170 e. The van der Waals surface area contributed by atoms with E-state index in [-0.39, 0.29) is 18.0 Å². The highest BCUT2D eigenvalue weighted by Gasteiger charge is 2.18. The van der Waals surface area contributed by atoms with E-state index in [1.54, 1.807) is 18.2 Å². The molecule has 0 fully saturated rings. The molecule has 0 amide bonds. The van der Waals surface area contributed by atoms with Gasteiger partial charge in [-0.15, -0.1) is 0 Å². The topological polar surface area (TPSA) is 52.6 Å². The molecule has 0 aromatic heterocycles. The number of hydrogen-bond donors (Lipinski definition) is 0. The molecule has 0 saturated heterocycles. The van der Waals surface area contributed by atoms with Crippen LogP contribution in [0, 0.1) is 0 Å². The summed E-state index contributed by atoms with van der Waals surface area (Å²) in [6.45, 7) is 0. The van der Waals surface area contributed by atoms with Crippen molar-refractivity contribution in [2.75, 3.05) is 14.2 Å². The second-order valence-electron chi connectivity index (χ2n) is 5.52. The van der Waals surface area contributed by atoms with E-state index in [9.17, 15) is 9.59 Å². The fourth-order valence-electron chi connectivity index (χ4n) is 2.61. The predicted molar refractivity (Wildman–Crippen MR) is 92.9 cm³/mol. The molecule has 4 heteroatoms. The highest BCUT2D eigenvalue weighted by Crippen LogP contribution is 2.29. The van der Waals surface area contributed by atoms with Gasteiger partial charge in [0.2, 0.25) is 0 Å². The molecule has 0 heterocycles. The zero-order valence-corrected chi connectivity index (χ0v) is 14.1. The molecule has 2 aromatic carbocycles. The van der Waals surface area contributed by atoms with Crippen molar-refractivity contribution in [2.24, 2.45) is 0 Å². The van der Waals surface area contributed by atoms with Gasteiger partial charge in [-0.3, -0.25) is 9.59 Å². The number of ether oxygens (including phenoxy) is 2. The van der Waals surface area contributed by atoms with Crippen LogP contribution in [0.15, 0.2) is 48.5 Å². The third-order valence-corrected chi connectivity index (χ3v) is 3.81. The molecule has 0 bridgehead atoms. The highest BCUT2D eigenvalue weighted by molar-refractivity contribution is 6.01. The Morgan fingerprint density at radius 1 is 0.833 bits per heavy atom. The van der Waals surface area contributed by atoms with Gasteiger partial charge in [-0.05, 0) is 24.1 Å². The van der Waals surface area contributed by atoms with Crippen molar-refractivity contribution in [2.45, 2.75) is 25.7 Å². The molecule has 126 valence electrons. The van der Waals surface area contributed by atoms with Crippen LogP contribution in [0.4, 0.5) is 0 Å². The summed E-state index contributed by atoms with van der Waals surface area (Å²) in [5, 5.41) is 0. The number of methoxy groups -OCH3 is 2. The van der Waals surface area contributed by atoms with Crippen LogP contribution in [0.3, 0.4) is 0 Å². The molecular weight excluding hydrogens is 304 g/mol. The summed E-state index contributed by atoms with van der Waals surface area (Å²) in [6, 6.07) is 14.9. The molecule has 0 aliphatic carbocycles. The van der Waals surface area contributed by atoms with Crippen molar-refractivity contribution in [3.63, 3.8) is 0 Å². The second-order valence-corrected chi connectivity index (χ2v) is 5.52. The number of rotatable bonds is 9. The molecule has 0 radical (unpaired) electrons. The number of hydrogen-bond acceptors (Lipinski definition) is 4. The molecule has 0 unspecified atom stereocenters. The first kappa shape index (κ1) is 17.7. The fourth-order valence-corrected chi connectivity index (χ4v) is 2.61. The minimum absolute atomic E-state index is 0.0724. The fraction of sp³-hybridized carbons (Fsp3) is 0.300. The molecule has 0 aliphatic rings. The quantitative estimate of drug-likeness (QED) is 0.656. The number of Topliss-reactive ketones (excluding diaryl/α,β-unsaturated/α-hetero) is 2. The largest absolute Gasteiger partial charge is 0.496 e. The van der Waals surface area contributed by atoms with Crippen molar-refractivity contribution in [1.29, 1.82) is 0 Å². The smallest absolute Gasteiger partial charge is 0.170 e. The van der Waals surface area contributed by atoms with E-state index < -0.39 is 0 Å². The standard InChI is InChI=1S/C20H22O4/c1-23-18-12-7-13-19(24-2)20(18)17(22)11-6-10-16(21)14-15-8-4-3-5-9-15/h3-5,7-9,12-13H,6,10-11,14H2,1-2H3. The van der Waals surface area contributed by atoms with E-state index in [0.717, 1.165) is 5.56 Å². The first-order chi connectivity index (χ1) is 11.7. The lowest BCUT2D eigenvalue weighted by Gasteiger charge is -2.11. The van der Waals surface area contributed by atoms with Crippen molar-refractivity contribution >= 4 is 11.6 Å². The third-order valence-electron chi connectivity index (χ3n) is 3.81. The maximum absolute atomic E-state index is 12.5. The van der Waals surface area contributed by atoms with E-state index in [4.69, 9.17) is 9.47 Å². The molecule has 0 saturated carbocycles. The Bertz CT molecular complexity index is 670. The summed E-state index contributed by atoms with van der Waals surface area (Å²) >= 11 is 0. The normalized spacial score (nSPS) is 10.2. The number of benzene rings is 2. The number of carbonyl (C=O) groups excluding carboxylic acids is 2. The van der Waals surface area contributed by atoms with Crippen LogP contribution >= 0.6 is 0 Å². The Kier molecular flexibility index (Phi) is 6.55. The molecule has 2 aromatic rings. The first-order valence-electron chi connectivity index (χ1n) is 7.95. The van der Waals surface area contributed by atoms with Gasteiger partial charge < -0.3 is 9.47 Å². The minimum atomic E-state index is -0.0724. The van der Waals surface area contributed by atoms with Gasteiger partial charge in [0.25, 0.3) is 0 Å². The van der Waals surface area contributed by atoms with Crippen molar-refractivity contribution in [1.82, 2.24) is 0 Å². The molecule has 24 heavy (non-hydrogen) atoms. The van der Waals surface area contributed by atoms with E-state index in [1.165, 1.54) is 14.2 Å². The van der Waals surface area contributed by atoms with Crippen LogP contribution in [0.2, 0.25) is 0 Å². The molecule has 0 atom stereocenters. The molecule has 4 nitrogen and oxygen atoms in total. The van der Waals surface area contributed by atoms with Crippen molar-refractivity contribution in [3.05, 3.63) is 59.7 Å². The van der Waals surface area contributed by atoms with Gasteiger partial charge in [-0.25, -0.2) is 0 Å². The lowest BCUT2D eigenvalue weighted by atomic mass is 10.0. The Morgan fingerprint density at radius 3 is 2.04 bits per heavy atom. The van der Waals surface area contributed by atoms with E-state index in [0.29, 0.717) is 36.3 Å². The third kappa shape index (κ3) is 4.69. The molecular formula is C20H22O4. The Hall–Kier alpha value is -2.62. The first-order valence-corrected chi connectivity index (χ1v) is 7.95. The predicted octanol–water partition coefficient (Wildman–Crippen LogP) is 3.87. The maximum atomic E-state index is 12.5. The highest BCUT2D eigenvalue weighted by atomic mass is 16.5. The molecule has 0 spiro atoms. The lowest BCUT2D eigenvalue weighted by molar-refractivity contribution is -0.118. The van der Waals surface area contributed by atoms with Crippen LogP contribution < -0.4 is 9.47 Å². The number of carbonyl (C=O) groups is 2. The minimum Gasteiger partial charge on any atom is -0.496 e. The Labute approximate surface area is 142 Å². The lowest BCUT2D eigenvalue weighted by Crippen LogP contribution is -2.07. The van der Waals surface area contributed by atoms with Crippen LogP contribution in [0.1, 0.15) is 35.2 Å². The van der Waals surface area contributed by atoms with E-state index >= 15 is 0 Å². The van der Waals surface area contributed by atoms with Crippen LogP contribution in [-0.4, -0.2) is 25.8 Å². The van der Waals surface area contributed by atoms with Gasteiger partial charge in [0, 0.05) is 19.3 Å². The Morgan fingerprint density at radius 2 is 1.46 bits per heavy atom. The van der Waals surface area contributed by atoms with Gasteiger partial charge in [0.15, 0.2) is 5.78 Å². The molecule has 0 aliphatic heterocycles. The van der Waals surface area contributed by atoms with Gasteiger partial charge in [0.05, 0.1) is 14.2 Å². The van der Waals surface area contributed by atoms with Crippen molar-refractivity contribution in [3.8, 4) is 11.5 Å². The summed E-state index contributed by atoms with van der Waals surface area (Å²) in [5.41, 5.74) is 1.44. The van der Waals surface area contributed by atoms with Gasteiger partial charge in [0.1, 0.15) is 22.8 Å². The molecule has 0 N–H and O–H groups in total.